The molecule has 0 saturated carbocycles. The second kappa shape index (κ2) is 29.9. The fourth-order valence-electron chi connectivity index (χ4n) is 10.2. The highest BCUT2D eigenvalue weighted by molar-refractivity contribution is 6.54. The normalized spacial score (nSPS) is 12.9. The van der Waals surface area contributed by atoms with Gasteiger partial charge in [0.2, 0.25) is 0 Å². The topological polar surface area (TPSA) is 135 Å². The number of hydrogen-bond donors (Lipinski definition) is 0. The molecule has 1 aliphatic heterocycles. The van der Waals surface area contributed by atoms with Crippen molar-refractivity contribution in [2.45, 2.75) is 32.5 Å². The Morgan fingerprint density at radius 2 is 0.762 bits per heavy atom. The zero-order valence-corrected chi connectivity index (χ0v) is 48.5. The molecule has 0 bridgehead atoms. The van der Waals surface area contributed by atoms with E-state index >= 15 is 0 Å². The summed E-state index contributed by atoms with van der Waals surface area (Å²) in [7, 11) is 3.32. The fraction of sp³-hybridized carbons (Fsp3) is 0.300. The van der Waals surface area contributed by atoms with Gasteiger partial charge in [0, 0.05) is 60.8 Å². The zero-order valence-electron chi connectivity index (χ0n) is 48.5. The SMILES string of the molecule is CCCOCCOc1ccc(C2=NC(c3cccc4ccccc34)(n3c(-c4cccc5ccccc45)nc(-c4ccc(OCCOCCOC)cc4)c3-c3ccc(OCCOCCOC)cc3)N=C2c2ccc(OCCOCCC)cc2)cc1. The van der Waals surface area contributed by atoms with Crippen LogP contribution in [0.2, 0.25) is 0 Å². The van der Waals surface area contributed by atoms with Crippen LogP contribution in [0.3, 0.4) is 0 Å². The third kappa shape index (κ3) is 14.2. The molecule has 10 rings (SSSR count). The molecule has 0 fully saturated rings. The van der Waals surface area contributed by atoms with Crippen LogP contribution in [-0.4, -0.2) is 128 Å². The van der Waals surface area contributed by atoms with E-state index in [4.69, 9.17) is 62.3 Å². The van der Waals surface area contributed by atoms with Gasteiger partial charge < -0.3 is 47.4 Å². The van der Waals surface area contributed by atoms with Gasteiger partial charge >= 0.3 is 0 Å². The van der Waals surface area contributed by atoms with Crippen molar-refractivity contribution in [1.82, 2.24) is 9.55 Å². The molecule has 0 amide bonds. The number of imidazole rings is 1. The molecular formula is C70H74N4O10. The Balaban J connectivity index is 1.22. The van der Waals surface area contributed by atoms with Crippen LogP contribution in [-0.2, 0) is 34.2 Å². The summed E-state index contributed by atoms with van der Waals surface area (Å²) >= 11 is 0. The van der Waals surface area contributed by atoms with Crippen LogP contribution in [0.25, 0.3) is 55.4 Å². The molecule has 0 aliphatic carbocycles. The minimum atomic E-state index is -1.56. The van der Waals surface area contributed by atoms with Gasteiger partial charge in [-0.3, -0.25) is 4.57 Å². The molecule has 84 heavy (non-hydrogen) atoms. The molecule has 1 aromatic heterocycles. The number of benzene rings is 8. The lowest BCUT2D eigenvalue weighted by Gasteiger charge is -2.31. The van der Waals surface area contributed by atoms with Crippen LogP contribution < -0.4 is 18.9 Å². The van der Waals surface area contributed by atoms with Gasteiger partial charge in [0.25, 0.3) is 5.79 Å². The second-order valence-electron chi connectivity index (χ2n) is 20.0. The quantitative estimate of drug-likeness (QED) is 0.0364. The van der Waals surface area contributed by atoms with Crippen LogP contribution in [0.1, 0.15) is 43.4 Å². The molecule has 434 valence electrons. The lowest BCUT2D eigenvalue weighted by Crippen LogP contribution is -2.31. The largest absolute Gasteiger partial charge is 0.491 e. The van der Waals surface area contributed by atoms with Crippen molar-refractivity contribution in [2.24, 2.45) is 9.98 Å². The van der Waals surface area contributed by atoms with Crippen LogP contribution in [0.5, 0.6) is 23.0 Å². The number of rotatable bonds is 33. The predicted molar refractivity (Wildman–Crippen MR) is 333 cm³/mol. The first kappa shape index (κ1) is 59.0. The van der Waals surface area contributed by atoms with Gasteiger partial charge in [-0.2, -0.15) is 0 Å². The summed E-state index contributed by atoms with van der Waals surface area (Å²) < 4.78 is 60.5. The number of aliphatic imine (C=N–C) groups is 2. The molecule has 14 heteroatoms. The Morgan fingerprint density at radius 3 is 1.24 bits per heavy atom. The van der Waals surface area contributed by atoms with Crippen LogP contribution in [0, 0.1) is 0 Å². The number of methoxy groups -OCH3 is 2. The van der Waals surface area contributed by atoms with Gasteiger partial charge in [-0.1, -0.05) is 98.8 Å². The van der Waals surface area contributed by atoms with Crippen LogP contribution in [0.4, 0.5) is 0 Å². The highest BCUT2D eigenvalue weighted by Gasteiger charge is 2.46. The summed E-state index contributed by atoms with van der Waals surface area (Å²) in [6.07, 6.45) is 1.89. The van der Waals surface area contributed by atoms with Crippen molar-refractivity contribution < 1.29 is 47.4 Å². The minimum absolute atomic E-state index is 0.366. The van der Waals surface area contributed by atoms with E-state index in [-0.39, 0.29) is 0 Å². The van der Waals surface area contributed by atoms with E-state index in [9.17, 15) is 0 Å². The molecule has 2 heterocycles. The smallest absolute Gasteiger partial charge is 0.262 e. The Morgan fingerprint density at radius 1 is 0.369 bits per heavy atom. The Hall–Kier alpha value is -8.21. The van der Waals surface area contributed by atoms with Crippen molar-refractivity contribution in [1.29, 1.82) is 0 Å². The first-order valence-corrected chi connectivity index (χ1v) is 29.0. The van der Waals surface area contributed by atoms with Crippen molar-refractivity contribution in [2.75, 3.05) is 107 Å². The van der Waals surface area contributed by atoms with E-state index in [1.807, 2.05) is 48.5 Å². The molecule has 0 atom stereocenters. The van der Waals surface area contributed by atoms with Crippen molar-refractivity contribution >= 4 is 33.0 Å². The standard InChI is InChI=1S/C70H74N4O10/c1-5-37-77-43-47-81-57-29-21-53(22-30-57)65-66(54-23-31-58(32-24-54)82-48-44-78-38-6-2)73-70(72-65,64-20-12-16-52-14-8-10-18-62(52)64)74-68(56-27-35-60(36-28-56)84-50-46-80-42-40-76-4)67(55-25-33-59(34-26-55)83-49-45-79-41-39-75-3)71-69(74)63-19-11-15-51-13-7-9-17-61(51)63/h7-36H,5-6,37-50H2,1-4H3. The van der Waals surface area contributed by atoms with E-state index in [0.717, 1.165) is 85.0 Å². The highest BCUT2D eigenvalue weighted by Crippen LogP contribution is 2.49. The molecule has 8 aromatic carbocycles. The second-order valence-corrected chi connectivity index (χ2v) is 20.0. The number of aromatic nitrogens is 2. The van der Waals surface area contributed by atoms with E-state index in [2.05, 4.69) is 152 Å². The minimum Gasteiger partial charge on any atom is -0.491 e. The summed E-state index contributed by atoms with van der Waals surface area (Å²) in [4.78, 5) is 18.1. The molecule has 14 nitrogen and oxygen atoms in total. The van der Waals surface area contributed by atoms with Crippen molar-refractivity contribution in [3.63, 3.8) is 0 Å². The average Bonchev–Trinajstić information content (AvgIpc) is 1.63. The Bertz CT molecular complexity index is 3500. The number of ether oxygens (including phenoxy) is 10. The van der Waals surface area contributed by atoms with E-state index < -0.39 is 5.79 Å². The summed E-state index contributed by atoms with van der Waals surface area (Å²) in [6, 6.07) is 62.1. The van der Waals surface area contributed by atoms with Gasteiger partial charge in [0.05, 0.1) is 75.7 Å². The zero-order chi connectivity index (χ0) is 57.8. The van der Waals surface area contributed by atoms with Gasteiger partial charge in [0.15, 0.2) is 0 Å². The summed E-state index contributed by atoms with van der Waals surface area (Å²) in [5, 5.41) is 4.09. The predicted octanol–water partition coefficient (Wildman–Crippen LogP) is 13.5. The molecular weight excluding hydrogens is 1060 g/mol. The average molecular weight is 1130 g/mol. The molecule has 1 aliphatic rings. The molecule has 0 radical (unpaired) electrons. The van der Waals surface area contributed by atoms with E-state index in [1.165, 1.54) is 0 Å². The molecule has 0 N–H and O–H groups in total. The first-order valence-electron chi connectivity index (χ1n) is 29.0. The van der Waals surface area contributed by atoms with Crippen LogP contribution >= 0.6 is 0 Å². The van der Waals surface area contributed by atoms with Crippen molar-refractivity contribution in [3.8, 4) is 56.9 Å². The Kier molecular flexibility index (Phi) is 21.0. The summed E-state index contributed by atoms with van der Waals surface area (Å²) in [6.45, 7) is 11.0. The van der Waals surface area contributed by atoms with Gasteiger partial charge in [-0.15, -0.1) is 0 Å². The maximum Gasteiger partial charge on any atom is 0.262 e. The summed E-state index contributed by atoms with van der Waals surface area (Å²) in [5.41, 5.74) is 7.99. The molecule has 0 unspecified atom stereocenters. The highest BCUT2D eigenvalue weighted by atomic mass is 16.6. The lowest BCUT2D eigenvalue weighted by molar-refractivity contribution is 0.0544. The van der Waals surface area contributed by atoms with Gasteiger partial charge in [-0.25, -0.2) is 15.0 Å². The number of fused-ring (bicyclic) bond motifs is 2. The maximum atomic E-state index is 6.28. The first-order chi connectivity index (χ1) is 41.5. The number of nitrogens with zero attached hydrogens (tertiary/aromatic N) is 4. The maximum absolute atomic E-state index is 6.28. The van der Waals surface area contributed by atoms with Crippen LogP contribution in [0.15, 0.2) is 192 Å². The van der Waals surface area contributed by atoms with Gasteiger partial charge in [0.1, 0.15) is 55.2 Å². The molecule has 9 aromatic rings. The van der Waals surface area contributed by atoms with E-state index in [1.54, 1.807) is 14.2 Å². The van der Waals surface area contributed by atoms with Gasteiger partial charge in [-0.05, 0) is 131 Å². The lowest BCUT2D eigenvalue weighted by atomic mass is 9.97. The fourth-order valence-corrected chi connectivity index (χ4v) is 10.2. The van der Waals surface area contributed by atoms with Crippen molar-refractivity contribution in [3.05, 3.63) is 199 Å². The van der Waals surface area contributed by atoms with E-state index in [0.29, 0.717) is 127 Å². The molecule has 0 spiro atoms. The Labute approximate surface area is 492 Å². The molecule has 0 saturated heterocycles. The number of hydrogen-bond acceptors (Lipinski definition) is 13. The summed E-state index contributed by atoms with van der Waals surface area (Å²) in [5.74, 6) is 1.93. The monoisotopic (exact) mass is 1130 g/mol. The third-order valence-corrected chi connectivity index (χ3v) is 14.2. The third-order valence-electron chi connectivity index (χ3n) is 14.2.